The molecule has 0 spiro atoms. The van der Waals surface area contributed by atoms with Crippen LogP contribution in [0.5, 0.6) is 0 Å². The monoisotopic (exact) mass is 325 g/mol. The van der Waals surface area contributed by atoms with Gasteiger partial charge in [0.05, 0.1) is 0 Å². The molecule has 0 fully saturated rings. The van der Waals surface area contributed by atoms with E-state index in [-0.39, 0.29) is 11.8 Å². The van der Waals surface area contributed by atoms with E-state index in [1.807, 2.05) is 26.8 Å². The van der Waals surface area contributed by atoms with Crippen LogP contribution in [0.3, 0.4) is 0 Å². The first-order valence-electron chi connectivity index (χ1n) is 7.01. The predicted molar refractivity (Wildman–Crippen MR) is 82.0 cm³/mol. The summed E-state index contributed by atoms with van der Waals surface area (Å²) in [5, 5.41) is 5.73. The van der Waals surface area contributed by atoms with Gasteiger partial charge in [-0.15, -0.1) is 0 Å². The number of alkyl halides is 3. The normalized spacial score (nSPS) is 12.1. The van der Waals surface area contributed by atoms with Crippen LogP contribution in [-0.4, -0.2) is 20.5 Å². The van der Waals surface area contributed by atoms with E-state index in [0.29, 0.717) is 6.54 Å². The number of nitrogens with one attached hydrogen (secondary N) is 2. The van der Waals surface area contributed by atoms with Crippen molar-refractivity contribution in [3.63, 3.8) is 0 Å². The van der Waals surface area contributed by atoms with E-state index >= 15 is 0 Å². The molecule has 8 heteroatoms. The highest BCUT2D eigenvalue weighted by Gasteiger charge is 2.34. The lowest BCUT2D eigenvalue weighted by Crippen LogP contribution is -2.28. The number of anilines is 2. The number of pyridine rings is 1. The van der Waals surface area contributed by atoms with Crippen molar-refractivity contribution < 1.29 is 13.2 Å². The second-order valence-electron chi connectivity index (χ2n) is 6.05. The molecular formula is C15H18F3N5. The number of aromatic nitrogens is 3. The topological polar surface area (TPSA) is 62.7 Å². The molecule has 2 N–H and O–H groups in total. The quantitative estimate of drug-likeness (QED) is 0.897. The summed E-state index contributed by atoms with van der Waals surface area (Å²) in [4.78, 5) is 11.6. The first-order chi connectivity index (χ1) is 10.6. The van der Waals surface area contributed by atoms with Crippen LogP contribution in [-0.2, 0) is 12.7 Å². The summed E-state index contributed by atoms with van der Waals surface area (Å²) in [6.07, 6.45) is -1.28. The second kappa shape index (κ2) is 6.39. The van der Waals surface area contributed by atoms with Crippen LogP contribution in [0.15, 0.2) is 30.6 Å². The SMILES string of the molecule is CC(C)(C)Nc1nc(NCc2cccnc2)cc(C(F)(F)F)n1. The van der Waals surface area contributed by atoms with Gasteiger partial charge in [-0.1, -0.05) is 6.07 Å². The fraction of sp³-hybridized carbons (Fsp3) is 0.400. The van der Waals surface area contributed by atoms with Gasteiger partial charge in [0.15, 0.2) is 5.69 Å². The van der Waals surface area contributed by atoms with Gasteiger partial charge in [-0.05, 0) is 32.4 Å². The second-order valence-corrected chi connectivity index (χ2v) is 6.05. The van der Waals surface area contributed by atoms with E-state index in [9.17, 15) is 13.2 Å². The van der Waals surface area contributed by atoms with Crippen molar-refractivity contribution in [3.05, 3.63) is 41.9 Å². The van der Waals surface area contributed by atoms with Crippen LogP contribution >= 0.6 is 0 Å². The zero-order chi connectivity index (χ0) is 17.1. The fourth-order valence-electron chi connectivity index (χ4n) is 1.77. The third-order valence-corrected chi connectivity index (χ3v) is 2.70. The van der Waals surface area contributed by atoms with Gasteiger partial charge in [0, 0.05) is 30.5 Å². The molecule has 0 aliphatic carbocycles. The number of halogens is 3. The number of nitrogens with zero attached hydrogens (tertiary/aromatic N) is 3. The summed E-state index contributed by atoms with van der Waals surface area (Å²) in [5.74, 6) is 0.0314. The van der Waals surface area contributed by atoms with Gasteiger partial charge in [-0.2, -0.15) is 18.2 Å². The molecule has 0 aliphatic heterocycles. The van der Waals surface area contributed by atoms with Gasteiger partial charge in [0.25, 0.3) is 0 Å². The molecule has 0 radical (unpaired) electrons. The summed E-state index contributed by atoms with van der Waals surface area (Å²) in [6.45, 7) is 5.77. The zero-order valence-electron chi connectivity index (χ0n) is 13.1. The predicted octanol–water partition coefficient (Wildman–Crippen LogP) is 3.71. The van der Waals surface area contributed by atoms with Crippen LogP contribution < -0.4 is 10.6 Å². The van der Waals surface area contributed by atoms with Crippen molar-refractivity contribution in [1.29, 1.82) is 0 Å². The number of hydrogen-bond donors (Lipinski definition) is 2. The highest BCUT2D eigenvalue weighted by Crippen LogP contribution is 2.30. The minimum Gasteiger partial charge on any atom is -0.366 e. The minimum atomic E-state index is -4.54. The Kier molecular flexibility index (Phi) is 4.72. The standard InChI is InChI=1S/C15H18F3N5/c1-14(2,3)23-13-21-11(15(16,17)18)7-12(22-13)20-9-10-5-4-6-19-8-10/h4-8H,9H2,1-3H3,(H2,20,21,22,23). The Morgan fingerprint density at radius 2 is 1.87 bits per heavy atom. The molecule has 0 aliphatic rings. The van der Waals surface area contributed by atoms with Gasteiger partial charge in [-0.3, -0.25) is 4.98 Å². The third-order valence-electron chi connectivity index (χ3n) is 2.70. The lowest BCUT2D eigenvalue weighted by atomic mass is 10.1. The van der Waals surface area contributed by atoms with Gasteiger partial charge in [0.1, 0.15) is 5.82 Å². The van der Waals surface area contributed by atoms with E-state index in [0.717, 1.165) is 11.6 Å². The van der Waals surface area contributed by atoms with Crippen LogP contribution in [0, 0.1) is 0 Å². The van der Waals surface area contributed by atoms with Crippen molar-refractivity contribution >= 4 is 11.8 Å². The first kappa shape index (κ1) is 17.0. The molecular weight excluding hydrogens is 307 g/mol. The molecule has 2 rings (SSSR count). The molecule has 0 bridgehead atoms. The van der Waals surface area contributed by atoms with Crippen molar-refractivity contribution in [2.75, 3.05) is 10.6 Å². The van der Waals surface area contributed by atoms with Crippen molar-refractivity contribution in [2.45, 2.75) is 39.0 Å². The molecule has 0 saturated carbocycles. The summed E-state index contributed by atoms with van der Waals surface area (Å²) < 4.78 is 39.0. The molecule has 0 saturated heterocycles. The molecule has 2 heterocycles. The molecule has 0 amide bonds. The molecule has 23 heavy (non-hydrogen) atoms. The van der Waals surface area contributed by atoms with E-state index in [1.165, 1.54) is 0 Å². The smallest absolute Gasteiger partial charge is 0.366 e. The summed E-state index contributed by atoms with van der Waals surface area (Å²) in [5.41, 5.74) is -0.608. The van der Waals surface area contributed by atoms with Crippen LogP contribution in [0.25, 0.3) is 0 Å². The van der Waals surface area contributed by atoms with Crippen LogP contribution in [0.4, 0.5) is 24.9 Å². The van der Waals surface area contributed by atoms with Gasteiger partial charge in [-0.25, -0.2) is 4.98 Å². The van der Waals surface area contributed by atoms with Crippen molar-refractivity contribution in [2.24, 2.45) is 0 Å². The van der Waals surface area contributed by atoms with E-state index in [2.05, 4.69) is 25.6 Å². The Labute approximate surface area is 132 Å². The van der Waals surface area contributed by atoms with Crippen molar-refractivity contribution in [1.82, 2.24) is 15.0 Å². The van der Waals surface area contributed by atoms with E-state index in [4.69, 9.17) is 0 Å². The molecule has 0 atom stereocenters. The van der Waals surface area contributed by atoms with Crippen LogP contribution in [0.1, 0.15) is 32.0 Å². The Balaban J connectivity index is 2.25. The molecule has 2 aromatic heterocycles. The van der Waals surface area contributed by atoms with Gasteiger partial charge in [0.2, 0.25) is 5.95 Å². The lowest BCUT2D eigenvalue weighted by molar-refractivity contribution is -0.141. The largest absolute Gasteiger partial charge is 0.433 e. The van der Waals surface area contributed by atoms with Crippen LogP contribution in [0.2, 0.25) is 0 Å². The highest BCUT2D eigenvalue weighted by molar-refractivity contribution is 5.44. The average molecular weight is 325 g/mol. The molecule has 5 nitrogen and oxygen atoms in total. The molecule has 0 aromatic carbocycles. The Bertz CT molecular complexity index is 650. The highest BCUT2D eigenvalue weighted by atomic mass is 19.4. The third kappa shape index (κ3) is 5.39. The fourth-order valence-corrected chi connectivity index (χ4v) is 1.77. The minimum absolute atomic E-state index is 0.0685. The summed E-state index contributed by atoms with van der Waals surface area (Å²) >= 11 is 0. The Hall–Kier alpha value is -2.38. The summed E-state index contributed by atoms with van der Waals surface area (Å²) in [6, 6.07) is 4.47. The van der Waals surface area contributed by atoms with Crippen molar-refractivity contribution in [3.8, 4) is 0 Å². The summed E-state index contributed by atoms with van der Waals surface area (Å²) in [7, 11) is 0. The average Bonchev–Trinajstić information content (AvgIpc) is 2.43. The maximum absolute atomic E-state index is 13.0. The lowest BCUT2D eigenvalue weighted by Gasteiger charge is -2.21. The molecule has 0 unspecified atom stereocenters. The maximum atomic E-state index is 13.0. The Morgan fingerprint density at radius 3 is 2.43 bits per heavy atom. The molecule has 124 valence electrons. The number of rotatable bonds is 4. The first-order valence-corrected chi connectivity index (χ1v) is 7.01. The van der Waals surface area contributed by atoms with Gasteiger partial charge < -0.3 is 10.6 Å². The number of hydrogen-bond acceptors (Lipinski definition) is 5. The maximum Gasteiger partial charge on any atom is 0.433 e. The molecule has 2 aromatic rings. The van der Waals surface area contributed by atoms with E-state index < -0.39 is 17.4 Å². The Morgan fingerprint density at radius 1 is 1.13 bits per heavy atom. The van der Waals surface area contributed by atoms with E-state index in [1.54, 1.807) is 18.5 Å². The van der Waals surface area contributed by atoms with Gasteiger partial charge >= 0.3 is 6.18 Å². The zero-order valence-corrected chi connectivity index (χ0v) is 13.1.